The van der Waals surface area contributed by atoms with E-state index in [4.69, 9.17) is 16.6 Å². The van der Waals surface area contributed by atoms with Gasteiger partial charge in [-0.1, -0.05) is 36.4 Å². The zero-order chi connectivity index (χ0) is 26.1. The lowest BCUT2D eigenvalue weighted by Crippen LogP contribution is -2.51. The van der Waals surface area contributed by atoms with Crippen molar-refractivity contribution in [2.24, 2.45) is 11.3 Å². The normalized spacial score (nSPS) is 23.3. The van der Waals surface area contributed by atoms with Gasteiger partial charge < -0.3 is 20.5 Å². The molecule has 6 rings (SSSR count). The summed E-state index contributed by atoms with van der Waals surface area (Å²) in [5, 5.41) is 9.14. The Balaban J connectivity index is 1.01. The number of H-pyrrole nitrogens is 1. The van der Waals surface area contributed by atoms with Crippen LogP contribution in [-0.2, 0) is 4.79 Å². The summed E-state index contributed by atoms with van der Waals surface area (Å²) >= 11 is 6.53. The molecule has 0 bridgehead atoms. The molecule has 2 aromatic heterocycles. The first-order valence-corrected chi connectivity index (χ1v) is 14.4. The first-order valence-electron chi connectivity index (χ1n) is 14.0. The van der Waals surface area contributed by atoms with Crippen molar-refractivity contribution < 1.29 is 4.79 Å². The van der Waals surface area contributed by atoms with Gasteiger partial charge in [0.25, 0.3) is 0 Å². The zero-order valence-corrected chi connectivity index (χ0v) is 22.6. The Morgan fingerprint density at radius 1 is 1.21 bits per heavy atom. The highest BCUT2D eigenvalue weighted by Gasteiger charge is 2.46. The second-order valence-electron chi connectivity index (χ2n) is 11.6. The van der Waals surface area contributed by atoms with E-state index in [1.54, 1.807) is 6.20 Å². The molecule has 38 heavy (non-hydrogen) atoms. The smallest absolute Gasteiger partial charge is 0.245 e. The standard InChI is InChI=1S/C30H37ClN6O/c1-2-27(38)37-12-10-30(11-13-37)15-20(16-30)17-32-21-6-5-7-22(14-21)35-29-34-19-25(31)28(36-29)24-18-33-26-9-4-3-8-23(24)26/h2-4,8-9,18-22,32-33H,1,5-7,10-17H2,(H,34,35,36)/t21-,22+/m0/s1. The summed E-state index contributed by atoms with van der Waals surface area (Å²) in [5.41, 5.74) is 3.29. The highest BCUT2D eigenvalue weighted by molar-refractivity contribution is 6.33. The van der Waals surface area contributed by atoms with E-state index in [9.17, 15) is 4.79 Å². The lowest BCUT2D eigenvalue weighted by molar-refractivity contribution is -0.130. The number of rotatable bonds is 7. The minimum atomic E-state index is 0.0797. The van der Waals surface area contributed by atoms with Crippen LogP contribution in [0.15, 0.2) is 49.3 Å². The van der Waals surface area contributed by atoms with Gasteiger partial charge in [0.1, 0.15) is 0 Å². The number of para-hydroxylation sites is 1. The number of aromatic amines is 1. The maximum Gasteiger partial charge on any atom is 0.245 e. The molecule has 3 heterocycles. The van der Waals surface area contributed by atoms with E-state index in [-0.39, 0.29) is 5.91 Å². The predicted octanol–water partition coefficient (Wildman–Crippen LogP) is 5.80. The quantitative estimate of drug-likeness (QED) is 0.335. The Hall–Kier alpha value is -2.90. The van der Waals surface area contributed by atoms with Gasteiger partial charge in [-0.3, -0.25) is 4.79 Å². The third-order valence-electron chi connectivity index (χ3n) is 9.04. The molecular weight excluding hydrogens is 496 g/mol. The molecule has 3 fully saturated rings. The summed E-state index contributed by atoms with van der Waals surface area (Å²) in [6.07, 6.45) is 14.6. The topological polar surface area (TPSA) is 85.9 Å². The summed E-state index contributed by atoms with van der Waals surface area (Å²) in [6.45, 7) is 6.49. The molecule has 8 heteroatoms. The van der Waals surface area contributed by atoms with Gasteiger partial charge in [-0.15, -0.1) is 0 Å². The minimum absolute atomic E-state index is 0.0797. The summed E-state index contributed by atoms with van der Waals surface area (Å²) in [6, 6.07) is 9.05. The third kappa shape index (κ3) is 5.19. The number of anilines is 1. The molecule has 200 valence electrons. The van der Waals surface area contributed by atoms with Gasteiger partial charge in [0.05, 0.1) is 16.9 Å². The Morgan fingerprint density at radius 3 is 2.82 bits per heavy atom. The Bertz CT molecular complexity index is 1310. The van der Waals surface area contributed by atoms with Crippen LogP contribution in [0.2, 0.25) is 5.02 Å². The number of likely N-dealkylation sites (tertiary alicyclic amines) is 1. The van der Waals surface area contributed by atoms with E-state index in [1.807, 2.05) is 23.2 Å². The van der Waals surface area contributed by atoms with E-state index in [0.717, 1.165) is 73.4 Å². The van der Waals surface area contributed by atoms with Crippen molar-refractivity contribution in [3.8, 4) is 11.3 Å². The number of fused-ring (bicyclic) bond motifs is 1. The number of benzene rings is 1. The SMILES string of the molecule is C=CC(=O)N1CCC2(CC1)CC(CN[C@H]1CCC[C@@H](Nc3ncc(Cl)c(-c4c[nH]c5ccccc45)n3)C1)C2. The lowest BCUT2D eigenvalue weighted by atomic mass is 9.57. The van der Waals surface area contributed by atoms with E-state index < -0.39 is 0 Å². The second kappa shape index (κ2) is 10.7. The molecule has 0 radical (unpaired) electrons. The number of aromatic nitrogens is 3. The number of hydrogen-bond acceptors (Lipinski definition) is 5. The monoisotopic (exact) mass is 532 g/mol. The average molecular weight is 533 g/mol. The summed E-state index contributed by atoms with van der Waals surface area (Å²) < 4.78 is 0. The average Bonchev–Trinajstić information content (AvgIpc) is 3.36. The Morgan fingerprint density at radius 2 is 2.00 bits per heavy atom. The minimum Gasteiger partial charge on any atom is -0.360 e. The van der Waals surface area contributed by atoms with Gasteiger partial charge in [-0.05, 0) is 81.4 Å². The Kier molecular flexibility index (Phi) is 7.14. The second-order valence-corrected chi connectivity index (χ2v) is 12.0. The molecule has 2 atom stereocenters. The van der Waals surface area contributed by atoms with Crippen LogP contribution in [0, 0.1) is 11.3 Å². The largest absolute Gasteiger partial charge is 0.360 e. The van der Waals surface area contributed by atoms with Gasteiger partial charge >= 0.3 is 0 Å². The van der Waals surface area contributed by atoms with Crippen molar-refractivity contribution in [2.75, 3.05) is 25.0 Å². The highest BCUT2D eigenvalue weighted by atomic mass is 35.5. The summed E-state index contributed by atoms with van der Waals surface area (Å²) in [4.78, 5) is 26.5. The van der Waals surface area contributed by atoms with Gasteiger partial charge in [-0.2, -0.15) is 0 Å². The maximum absolute atomic E-state index is 11.9. The highest BCUT2D eigenvalue weighted by Crippen LogP contribution is 2.52. The van der Waals surface area contributed by atoms with Crippen molar-refractivity contribution in [3.05, 3.63) is 54.3 Å². The van der Waals surface area contributed by atoms with Crippen molar-refractivity contribution in [2.45, 2.75) is 63.5 Å². The number of piperidine rings is 1. The number of amides is 1. The molecular formula is C30H37ClN6O. The first-order chi connectivity index (χ1) is 18.5. The van der Waals surface area contributed by atoms with E-state index in [1.165, 1.54) is 31.8 Å². The molecule has 2 saturated carbocycles. The van der Waals surface area contributed by atoms with E-state index >= 15 is 0 Å². The molecule has 3 aromatic rings. The fourth-order valence-electron chi connectivity index (χ4n) is 6.96. The maximum atomic E-state index is 11.9. The lowest BCUT2D eigenvalue weighted by Gasteiger charge is -2.52. The molecule has 3 aliphatic rings. The summed E-state index contributed by atoms with van der Waals surface area (Å²) in [5.74, 6) is 1.47. The molecule has 1 spiro atoms. The summed E-state index contributed by atoms with van der Waals surface area (Å²) in [7, 11) is 0. The molecule has 3 N–H and O–H groups in total. The van der Waals surface area contributed by atoms with Crippen LogP contribution in [-0.4, -0.2) is 57.5 Å². The molecule has 1 saturated heterocycles. The van der Waals surface area contributed by atoms with Gasteiger partial charge in [0.15, 0.2) is 0 Å². The van der Waals surface area contributed by atoms with Crippen molar-refractivity contribution >= 4 is 34.4 Å². The molecule has 7 nitrogen and oxygen atoms in total. The molecule has 1 amide bonds. The fraction of sp³-hybridized carbons (Fsp3) is 0.500. The van der Waals surface area contributed by atoms with Crippen LogP contribution < -0.4 is 10.6 Å². The number of nitrogens with one attached hydrogen (secondary N) is 3. The van der Waals surface area contributed by atoms with Crippen LogP contribution in [0.3, 0.4) is 0 Å². The van der Waals surface area contributed by atoms with Crippen LogP contribution in [0.4, 0.5) is 5.95 Å². The van der Waals surface area contributed by atoms with Crippen molar-refractivity contribution in [1.82, 2.24) is 25.2 Å². The number of carbonyl (C=O) groups is 1. The van der Waals surface area contributed by atoms with Crippen LogP contribution >= 0.6 is 11.6 Å². The fourth-order valence-corrected chi connectivity index (χ4v) is 7.16. The Labute approximate surface area is 229 Å². The predicted molar refractivity (Wildman–Crippen MR) is 153 cm³/mol. The number of nitrogens with zero attached hydrogens (tertiary/aromatic N) is 3. The van der Waals surface area contributed by atoms with Crippen molar-refractivity contribution in [1.29, 1.82) is 0 Å². The van der Waals surface area contributed by atoms with Gasteiger partial charge in [0, 0.05) is 47.8 Å². The molecule has 0 unspecified atom stereocenters. The number of hydrogen-bond donors (Lipinski definition) is 3. The van der Waals surface area contributed by atoms with Crippen LogP contribution in [0.1, 0.15) is 51.4 Å². The van der Waals surface area contributed by atoms with Crippen LogP contribution in [0.25, 0.3) is 22.2 Å². The van der Waals surface area contributed by atoms with Gasteiger partial charge in [0.2, 0.25) is 11.9 Å². The van der Waals surface area contributed by atoms with E-state index in [0.29, 0.717) is 28.5 Å². The van der Waals surface area contributed by atoms with Crippen LogP contribution in [0.5, 0.6) is 0 Å². The zero-order valence-electron chi connectivity index (χ0n) is 21.9. The molecule has 2 aliphatic carbocycles. The third-order valence-corrected chi connectivity index (χ3v) is 9.32. The van der Waals surface area contributed by atoms with Gasteiger partial charge in [-0.25, -0.2) is 9.97 Å². The van der Waals surface area contributed by atoms with Crippen molar-refractivity contribution in [3.63, 3.8) is 0 Å². The number of carbonyl (C=O) groups excluding carboxylic acids is 1. The number of halogens is 1. The molecule has 1 aliphatic heterocycles. The molecule has 1 aromatic carbocycles. The first kappa shape index (κ1) is 25.4. The van der Waals surface area contributed by atoms with E-state index in [2.05, 4.69) is 39.3 Å².